The van der Waals surface area contributed by atoms with Crippen molar-refractivity contribution in [3.63, 3.8) is 0 Å². The van der Waals surface area contributed by atoms with Gasteiger partial charge >= 0.3 is 0 Å². The van der Waals surface area contributed by atoms with Crippen LogP contribution in [0.3, 0.4) is 0 Å². The van der Waals surface area contributed by atoms with E-state index >= 15 is 0 Å². The number of carbonyl (C=O) groups excluding carboxylic acids is 1. The Labute approximate surface area is 119 Å². The molecule has 0 unspecified atom stereocenters. The van der Waals surface area contributed by atoms with Gasteiger partial charge in [0.05, 0.1) is 5.56 Å². The Morgan fingerprint density at radius 3 is 2.81 bits per heavy atom. The van der Waals surface area contributed by atoms with Crippen molar-refractivity contribution in [1.82, 2.24) is 15.2 Å². The molecule has 2 aromatic heterocycles. The maximum atomic E-state index is 12.0. The van der Waals surface area contributed by atoms with Crippen LogP contribution in [0.2, 0.25) is 0 Å². The maximum Gasteiger partial charge on any atom is 0.215 e. The molecule has 3 aromatic rings. The number of H-pyrrole nitrogens is 1. The lowest BCUT2D eigenvalue weighted by Gasteiger charge is -1.93. The molecular formula is C15H11N3O3. The minimum absolute atomic E-state index is 0.0649. The molecule has 0 fully saturated rings. The van der Waals surface area contributed by atoms with Gasteiger partial charge in [0.2, 0.25) is 5.82 Å². The molecule has 104 valence electrons. The van der Waals surface area contributed by atoms with Crippen LogP contribution in [0.15, 0.2) is 59.5 Å². The number of rotatable bonds is 4. The predicted octanol–water partition coefficient (Wildman–Crippen LogP) is 2.85. The van der Waals surface area contributed by atoms with E-state index in [1.807, 2.05) is 30.3 Å². The first-order chi connectivity index (χ1) is 10.2. The van der Waals surface area contributed by atoms with Crippen LogP contribution in [-0.4, -0.2) is 26.1 Å². The number of aliphatic hydroxyl groups is 1. The summed E-state index contributed by atoms with van der Waals surface area (Å²) in [5.41, 5.74) is 1.22. The van der Waals surface area contributed by atoms with Gasteiger partial charge < -0.3 is 9.52 Å². The Morgan fingerprint density at radius 2 is 2.10 bits per heavy atom. The summed E-state index contributed by atoms with van der Waals surface area (Å²) in [6.45, 7) is 0. The first kappa shape index (κ1) is 12.9. The quantitative estimate of drug-likeness (QED) is 0.436. The number of carbonyl (C=O) groups is 1. The molecule has 2 heterocycles. The molecule has 0 atom stereocenters. The highest BCUT2D eigenvalue weighted by Gasteiger charge is 2.12. The topological polar surface area (TPSA) is 92.0 Å². The van der Waals surface area contributed by atoms with E-state index in [4.69, 9.17) is 4.42 Å². The lowest BCUT2D eigenvalue weighted by atomic mass is 10.1. The number of aromatic nitrogens is 3. The Kier molecular flexibility index (Phi) is 3.34. The van der Waals surface area contributed by atoms with Crippen LogP contribution in [0.25, 0.3) is 17.1 Å². The summed E-state index contributed by atoms with van der Waals surface area (Å²) < 4.78 is 5.37. The largest absolute Gasteiger partial charge is 0.504 e. The van der Waals surface area contributed by atoms with Gasteiger partial charge in [0.1, 0.15) is 18.4 Å². The number of nitrogens with zero attached hydrogens (tertiary/aromatic N) is 2. The van der Waals surface area contributed by atoms with Crippen LogP contribution < -0.4 is 0 Å². The van der Waals surface area contributed by atoms with Gasteiger partial charge in [-0.15, -0.1) is 0 Å². The summed E-state index contributed by atoms with van der Waals surface area (Å²) in [6.07, 6.45) is 3.73. The number of aliphatic hydroxyl groups excluding tert-OH is 1. The number of nitrogens with one attached hydrogen (secondary N) is 1. The first-order valence-corrected chi connectivity index (χ1v) is 6.19. The Balaban J connectivity index is 1.84. The van der Waals surface area contributed by atoms with Crippen molar-refractivity contribution in [2.45, 2.75) is 0 Å². The molecule has 21 heavy (non-hydrogen) atoms. The lowest BCUT2D eigenvalue weighted by Crippen LogP contribution is -1.95. The number of aromatic amines is 1. The van der Waals surface area contributed by atoms with Crippen molar-refractivity contribution < 1.29 is 14.3 Å². The van der Waals surface area contributed by atoms with Gasteiger partial charge in [0.15, 0.2) is 11.5 Å². The molecular weight excluding hydrogens is 270 g/mol. The monoisotopic (exact) mass is 281 g/mol. The fourth-order valence-electron chi connectivity index (χ4n) is 1.82. The molecule has 0 spiro atoms. The third kappa shape index (κ3) is 2.74. The molecule has 3 rings (SSSR count). The molecule has 0 saturated heterocycles. The number of ketones is 1. The van der Waals surface area contributed by atoms with E-state index in [1.165, 1.54) is 12.6 Å². The van der Waals surface area contributed by atoms with Gasteiger partial charge in [-0.25, -0.2) is 4.98 Å². The van der Waals surface area contributed by atoms with Gasteiger partial charge in [0.25, 0.3) is 0 Å². The summed E-state index contributed by atoms with van der Waals surface area (Å²) in [7, 11) is 0. The Bertz CT molecular complexity index is 774. The molecule has 0 aliphatic rings. The van der Waals surface area contributed by atoms with Crippen LogP contribution in [0.1, 0.15) is 16.2 Å². The molecule has 0 aliphatic heterocycles. The number of furan rings is 1. The van der Waals surface area contributed by atoms with E-state index < -0.39 is 0 Å². The number of hydrogen-bond acceptors (Lipinski definition) is 5. The third-order valence-electron chi connectivity index (χ3n) is 2.85. The number of benzene rings is 1. The molecule has 0 radical (unpaired) electrons. The van der Waals surface area contributed by atoms with Crippen molar-refractivity contribution in [3.05, 3.63) is 66.5 Å². The van der Waals surface area contributed by atoms with Crippen LogP contribution in [0.5, 0.6) is 0 Å². The van der Waals surface area contributed by atoms with E-state index in [2.05, 4.69) is 15.2 Å². The number of hydrogen-bond donors (Lipinski definition) is 2. The van der Waals surface area contributed by atoms with Crippen molar-refractivity contribution in [1.29, 1.82) is 0 Å². The van der Waals surface area contributed by atoms with Crippen LogP contribution in [0, 0.1) is 0 Å². The summed E-state index contributed by atoms with van der Waals surface area (Å²) in [4.78, 5) is 15.8. The normalized spacial score (nSPS) is 11.5. The van der Waals surface area contributed by atoms with Gasteiger partial charge in [-0.2, -0.15) is 5.10 Å². The zero-order valence-corrected chi connectivity index (χ0v) is 10.9. The minimum Gasteiger partial charge on any atom is -0.504 e. The second-order valence-electron chi connectivity index (χ2n) is 4.28. The average Bonchev–Trinajstić information content (AvgIpc) is 3.20. The van der Waals surface area contributed by atoms with E-state index in [-0.39, 0.29) is 17.4 Å². The van der Waals surface area contributed by atoms with E-state index in [1.54, 1.807) is 6.07 Å². The van der Waals surface area contributed by atoms with E-state index in [0.29, 0.717) is 11.3 Å². The van der Waals surface area contributed by atoms with E-state index in [9.17, 15) is 9.90 Å². The summed E-state index contributed by atoms with van der Waals surface area (Å²) in [6, 6.07) is 11.1. The predicted molar refractivity (Wildman–Crippen MR) is 75.5 cm³/mol. The van der Waals surface area contributed by atoms with Crippen LogP contribution >= 0.6 is 0 Å². The van der Waals surface area contributed by atoms with Gasteiger partial charge in [-0.1, -0.05) is 30.3 Å². The molecule has 0 saturated carbocycles. The molecule has 0 bridgehead atoms. The summed E-state index contributed by atoms with van der Waals surface area (Å²) >= 11 is 0. The van der Waals surface area contributed by atoms with Crippen LogP contribution in [0.4, 0.5) is 0 Å². The SMILES string of the molecule is O=C(C=C(O)c1nc[nH]n1)c1coc(-c2ccccc2)c1. The molecule has 6 nitrogen and oxygen atoms in total. The standard InChI is InChI=1S/C15H11N3O3/c19-12(7-13(20)15-16-9-17-18-15)11-6-14(21-8-11)10-4-2-1-3-5-10/h1-9,20H,(H,16,17,18). The van der Waals surface area contributed by atoms with Gasteiger partial charge in [0, 0.05) is 11.6 Å². The number of allylic oxidation sites excluding steroid dienone is 1. The fraction of sp³-hybridized carbons (Fsp3) is 0. The highest BCUT2D eigenvalue weighted by Crippen LogP contribution is 2.22. The van der Waals surface area contributed by atoms with Crippen molar-refractivity contribution in [2.24, 2.45) is 0 Å². The highest BCUT2D eigenvalue weighted by molar-refractivity contribution is 6.07. The summed E-state index contributed by atoms with van der Waals surface area (Å²) in [5, 5.41) is 15.9. The van der Waals surface area contributed by atoms with E-state index in [0.717, 1.165) is 11.6 Å². The molecule has 6 heteroatoms. The second kappa shape index (κ2) is 5.46. The lowest BCUT2D eigenvalue weighted by molar-refractivity contribution is 0.104. The van der Waals surface area contributed by atoms with Gasteiger partial charge in [-0.3, -0.25) is 9.89 Å². The summed E-state index contributed by atoms with van der Waals surface area (Å²) in [5.74, 6) is -0.0354. The Hall–Kier alpha value is -3.15. The zero-order chi connectivity index (χ0) is 14.7. The van der Waals surface area contributed by atoms with Crippen molar-refractivity contribution in [3.8, 4) is 11.3 Å². The highest BCUT2D eigenvalue weighted by atomic mass is 16.3. The van der Waals surface area contributed by atoms with Crippen molar-refractivity contribution in [2.75, 3.05) is 0 Å². The minimum atomic E-state index is -0.386. The first-order valence-electron chi connectivity index (χ1n) is 6.19. The van der Waals surface area contributed by atoms with Crippen LogP contribution in [-0.2, 0) is 0 Å². The maximum absolute atomic E-state index is 12.0. The fourth-order valence-corrected chi connectivity index (χ4v) is 1.82. The smallest absolute Gasteiger partial charge is 0.215 e. The molecule has 0 aliphatic carbocycles. The third-order valence-corrected chi connectivity index (χ3v) is 2.85. The van der Waals surface area contributed by atoms with Crippen molar-refractivity contribution >= 4 is 11.5 Å². The second-order valence-corrected chi connectivity index (χ2v) is 4.28. The molecule has 2 N–H and O–H groups in total. The Morgan fingerprint density at radius 1 is 1.29 bits per heavy atom. The molecule has 1 aromatic carbocycles. The average molecular weight is 281 g/mol. The molecule has 0 amide bonds. The zero-order valence-electron chi connectivity index (χ0n) is 10.9. The van der Waals surface area contributed by atoms with Gasteiger partial charge in [-0.05, 0) is 6.07 Å².